The van der Waals surface area contributed by atoms with E-state index < -0.39 is 10.0 Å². The number of carbonyl (C=O) groups excluding carboxylic acids is 1. The minimum absolute atomic E-state index is 0.155. The second kappa shape index (κ2) is 7.37. The summed E-state index contributed by atoms with van der Waals surface area (Å²) in [5.74, 6) is 0.620. The molecule has 2 aromatic rings. The number of carbonyl (C=O) groups is 1. The van der Waals surface area contributed by atoms with Crippen molar-refractivity contribution in [1.82, 2.24) is 0 Å². The molecule has 138 valence electrons. The van der Waals surface area contributed by atoms with Gasteiger partial charge in [-0.15, -0.1) is 0 Å². The lowest BCUT2D eigenvalue weighted by molar-refractivity contribution is -0.115. The van der Waals surface area contributed by atoms with E-state index in [2.05, 4.69) is 5.32 Å². The average molecular weight is 374 g/mol. The Morgan fingerprint density at radius 1 is 1.19 bits per heavy atom. The number of fused-ring (bicyclic) bond motifs is 1. The highest BCUT2D eigenvalue weighted by molar-refractivity contribution is 7.92. The lowest BCUT2D eigenvalue weighted by Gasteiger charge is -2.17. The zero-order chi connectivity index (χ0) is 18.7. The van der Waals surface area contributed by atoms with Gasteiger partial charge in [0, 0.05) is 12.2 Å². The lowest BCUT2D eigenvalue weighted by atomic mass is 10.1. The Morgan fingerprint density at radius 3 is 2.58 bits per heavy atom. The van der Waals surface area contributed by atoms with Crippen LogP contribution in [0.25, 0.3) is 0 Å². The van der Waals surface area contributed by atoms with Gasteiger partial charge in [-0.05, 0) is 48.7 Å². The van der Waals surface area contributed by atoms with E-state index in [1.165, 1.54) is 10.6 Å². The Hall–Kier alpha value is -2.54. The molecule has 0 radical (unpaired) electrons. The van der Waals surface area contributed by atoms with Crippen LogP contribution in [0.4, 0.5) is 11.4 Å². The highest BCUT2D eigenvalue weighted by Crippen LogP contribution is 2.32. The summed E-state index contributed by atoms with van der Waals surface area (Å²) in [6, 6.07) is 12.8. The molecule has 3 rings (SSSR count). The van der Waals surface area contributed by atoms with E-state index in [9.17, 15) is 13.2 Å². The summed E-state index contributed by atoms with van der Waals surface area (Å²) in [6.45, 7) is 2.96. The van der Waals surface area contributed by atoms with Crippen LogP contribution in [0, 0.1) is 0 Å². The molecule has 0 spiro atoms. The predicted octanol–water partition coefficient (Wildman–Crippen LogP) is 2.59. The number of sulfonamides is 1. The monoisotopic (exact) mass is 374 g/mol. The fourth-order valence-corrected chi connectivity index (χ4v) is 3.98. The van der Waals surface area contributed by atoms with E-state index in [1.807, 2.05) is 37.3 Å². The van der Waals surface area contributed by atoms with Crippen LogP contribution in [0.1, 0.15) is 18.1 Å². The second-order valence-corrected chi connectivity index (χ2v) is 8.14. The van der Waals surface area contributed by atoms with Crippen LogP contribution in [0.2, 0.25) is 0 Å². The number of ether oxygens (including phenoxy) is 1. The Labute approximate surface area is 153 Å². The molecule has 6 nitrogen and oxygen atoms in total. The number of nitrogens with zero attached hydrogens (tertiary/aromatic N) is 1. The van der Waals surface area contributed by atoms with Gasteiger partial charge in [-0.25, -0.2) is 8.42 Å². The van der Waals surface area contributed by atoms with Crippen molar-refractivity contribution in [1.29, 1.82) is 0 Å². The predicted molar refractivity (Wildman–Crippen MR) is 102 cm³/mol. The zero-order valence-corrected chi connectivity index (χ0v) is 15.7. The van der Waals surface area contributed by atoms with Crippen molar-refractivity contribution in [3.05, 3.63) is 53.6 Å². The SMILES string of the molecule is CCOc1ccc(CC(=O)Nc2ccc3c(c2)N(S(C)(=O)=O)CC3)cc1. The first-order valence-corrected chi connectivity index (χ1v) is 10.3. The van der Waals surface area contributed by atoms with Gasteiger partial charge < -0.3 is 10.1 Å². The number of nitrogens with one attached hydrogen (secondary N) is 1. The summed E-state index contributed by atoms with van der Waals surface area (Å²) in [5, 5.41) is 2.84. The molecular weight excluding hydrogens is 352 g/mol. The minimum Gasteiger partial charge on any atom is -0.494 e. The molecule has 1 aliphatic heterocycles. The number of benzene rings is 2. The average Bonchev–Trinajstić information content (AvgIpc) is 3.00. The molecular formula is C19H22N2O4S. The third kappa shape index (κ3) is 4.16. The van der Waals surface area contributed by atoms with Crippen LogP contribution < -0.4 is 14.4 Å². The molecule has 0 atom stereocenters. The topological polar surface area (TPSA) is 75.7 Å². The van der Waals surface area contributed by atoms with Crippen molar-refractivity contribution in [2.45, 2.75) is 19.8 Å². The summed E-state index contributed by atoms with van der Waals surface area (Å²) in [7, 11) is -3.31. The van der Waals surface area contributed by atoms with E-state index in [0.29, 0.717) is 30.9 Å². The molecule has 0 saturated carbocycles. The van der Waals surface area contributed by atoms with Gasteiger partial charge in [0.05, 0.1) is 25.0 Å². The van der Waals surface area contributed by atoms with Crippen molar-refractivity contribution in [2.24, 2.45) is 0 Å². The van der Waals surface area contributed by atoms with E-state index >= 15 is 0 Å². The van der Waals surface area contributed by atoms with Gasteiger partial charge in [-0.3, -0.25) is 9.10 Å². The van der Waals surface area contributed by atoms with Crippen molar-refractivity contribution in [3.63, 3.8) is 0 Å². The summed E-state index contributed by atoms with van der Waals surface area (Å²) >= 11 is 0. The summed E-state index contributed by atoms with van der Waals surface area (Å²) in [5.41, 5.74) is 3.09. The van der Waals surface area contributed by atoms with Crippen LogP contribution in [0.5, 0.6) is 5.75 Å². The van der Waals surface area contributed by atoms with Gasteiger partial charge in [0.2, 0.25) is 15.9 Å². The smallest absolute Gasteiger partial charge is 0.232 e. The molecule has 1 heterocycles. The standard InChI is InChI=1S/C19H22N2O4S/c1-3-25-17-8-4-14(5-9-17)12-19(22)20-16-7-6-15-10-11-21(18(15)13-16)26(2,23)24/h4-9,13H,3,10-12H2,1-2H3,(H,20,22). The van der Waals surface area contributed by atoms with Gasteiger partial charge in [0.1, 0.15) is 5.75 Å². The molecule has 0 unspecified atom stereocenters. The van der Waals surface area contributed by atoms with Crippen molar-refractivity contribution in [2.75, 3.05) is 29.0 Å². The molecule has 0 bridgehead atoms. The Morgan fingerprint density at radius 2 is 1.92 bits per heavy atom. The van der Waals surface area contributed by atoms with Crippen molar-refractivity contribution in [3.8, 4) is 5.75 Å². The molecule has 0 saturated heterocycles. The molecule has 1 aliphatic rings. The molecule has 1 amide bonds. The van der Waals surface area contributed by atoms with E-state index in [-0.39, 0.29) is 12.3 Å². The highest BCUT2D eigenvalue weighted by Gasteiger charge is 2.26. The maximum absolute atomic E-state index is 12.3. The molecule has 0 aliphatic carbocycles. The molecule has 1 N–H and O–H groups in total. The van der Waals surface area contributed by atoms with Crippen molar-refractivity contribution >= 4 is 27.3 Å². The largest absolute Gasteiger partial charge is 0.494 e. The fraction of sp³-hybridized carbons (Fsp3) is 0.316. The summed E-state index contributed by atoms with van der Waals surface area (Å²) in [6.07, 6.45) is 2.11. The Bertz CT molecular complexity index is 908. The fourth-order valence-electron chi connectivity index (χ4n) is 3.03. The molecule has 26 heavy (non-hydrogen) atoms. The number of rotatable bonds is 6. The Kier molecular flexibility index (Phi) is 5.18. The van der Waals surface area contributed by atoms with Crippen molar-refractivity contribution < 1.29 is 17.9 Å². The van der Waals surface area contributed by atoms with Crippen LogP contribution in [0.3, 0.4) is 0 Å². The van der Waals surface area contributed by atoms with Gasteiger partial charge in [-0.2, -0.15) is 0 Å². The van der Waals surface area contributed by atoms with Crippen LogP contribution >= 0.6 is 0 Å². The molecule has 0 aromatic heterocycles. The number of anilines is 2. The molecule has 7 heteroatoms. The first-order valence-electron chi connectivity index (χ1n) is 8.49. The van der Waals surface area contributed by atoms with Crippen LogP contribution in [-0.2, 0) is 27.7 Å². The third-order valence-corrected chi connectivity index (χ3v) is 5.40. The normalized spacial score (nSPS) is 13.4. The second-order valence-electron chi connectivity index (χ2n) is 6.23. The maximum atomic E-state index is 12.3. The first kappa shape index (κ1) is 18.3. The van der Waals surface area contributed by atoms with Crippen LogP contribution in [0.15, 0.2) is 42.5 Å². The highest BCUT2D eigenvalue weighted by atomic mass is 32.2. The number of hydrogen-bond donors (Lipinski definition) is 1. The maximum Gasteiger partial charge on any atom is 0.232 e. The number of amides is 1. The zero-order valence-electron chi connectivity index (χ0n) is 14.9. The summed E-state index contributed by atoms with van der Waals surface area (Å²) in [4.78, 5) is 12.3. The number of hydrogen-bond acceptors (Lipinski definition) is 4. The third-order valence-electron chi connectivity index (χ3n) is 4.22. The Balaban J connectivity index is 1.68. The quantitative estimate of drug-likeness (QED) is 0.843. The van der Waals surface area contributed by atoms with Gasteiger partial charge in [0.25, 0.3) is 0 Å². The minimum atomic E-state index is -3.31. The van der Waals surface area contributed by atoms with Crippen LogP contribution in [-0.4, -0.2) is 33.7 Å². The van der Waals surface area contributed by atoms with Gasteiger partial charge in [-0.1, -0.05) is 18.2 Å². The van der Waals surface area contributed by atoms with E-state index in [1.54, 1.807) is 12.1 Å². The van der Waals surface area contributed by atoms with E-state index in [0.717, 1.165) is 16.9 Å². The van der Waals surface area contributed by atoms with Gasteiger partial charge >= 0.3 is 0 Å². The summed E-state index contributed by atoms with van der Waals surface area (Å²) < 4.78 is 30.5. The van der Waals surface area contributed by atoms with Gasteiger partial charge in [0.15, 0.2) is 0 Å². The lowest BCUT2D eigenvalue weighted by Crippen LogP contribution is -2.27. The first-order chi connectivity index (χ1) is 12.4. The molecule has 0 fully saturated rings. The molecule has 2 aromatic carbocycles. The van der Waals surface area contributed by atoms with E-state index in [4.69, 9.17) is 4.74 Å².